The van der Waals surface area contributed by atoms with Crippen LogP contribution in [0.1, 0.15) is 29.3 Å². The number of piperidine rings is 1. The molecule has 2 aromatic heterocycles. The van der Waals surface area contributed by atoms with Crippen LogP contribution in [0.4, 0.5) is 0 Å². The Kier molecular flexibility index (Phi) is 4.29. The van der Waals surface area contributed by atoms with Gasteiger partial charge in [-0.2, -0.15) is 0 Å². The van der Waals surface area contributed by atoms with Crippen LogP contribution in [-0.4, -0.2) is 42.0 Å². The molecule has 0 spiro atoms. The SMILES string of the molecule is Cc1cnc(-c2ccc([C@@H]3CCCN(S(C)(=O)=O)C3)nc2)s1. The molecular weight excluding hydrogens is 318 g/mol. The zero-order valence-electron chi connectivity index (χ0n) is 12.7. The highest BCUT2D eigenvalue weighted by atomic mass is 32.2. The number of sulfonamides is 1. The highest BCUT2D eigenvalue weighted by Gasteiger charge is 2.27. The number of thiazole rings is 1. The van der Waals surface area contributed by atoms with Gasteiger partial charge in [-0.15, -0.1) is 11.3 Å². The summed E-state index contributed by atoms with van der Waals surface area (Å²) in [7, 11) is -3.12. The standard InChI is InChI=1S/C15H19N3O2S2/c1-11-8-17-15(21-11)12-5-6-14(16-9-12)13-4-3-7-18(10-13)22(2,19)20/h5-6,8-9,13H,3-4,7,10H2,1-2H3/t13-/m1/s1. The van der Waals surface area contributed by atoms with E-state index in [0.29, 0.717) is 13.1 Å². The molecule has 0 aliphatic carbocycles. The zero-order valence-corrected chi connectivity index (χ0v) is 14.3. The molecule has 0 bridgehead atoms. The summed E-state index contributed by atoms with van der Waals surface area (Å²) in [6, 6.07) is 4.03. The predicted octanol–water partition coefficient (Wildman–Crippen LogP) is 2.65. The topological polar surface area (TPSA) is 63.2 Å². The van der Waals surface area contributed by atoms with Crippen LogP contribution in [0.15, 0.2) is 24.5 Å². The Labute approximate surface area is 135 Å². The van der Waals surface area contributed by atoms with Gasteiger partial charge in [-0.3, -0.25) is 4.98 Å². The van der Waals surface area contributed by atoms with Gasteiger partial charge in [0, 0.05) is 47.5 Å². The maximum Gasteiger partial charge on any atom is 0.211 e. The van der Waals surface area contributed by atoms with E-state index in [4.69, 9.17) is 0 Å². The maximum absolute atomic E-state index is 11.7. The molecule has 22 heavy (non-hydrogen) atoms. The van der Waals surface area contributed by atoms with Crippen molar-refractivity contribution in [3.8, 4) is 10.6 Å². The van der Waals surface area contributed by atoms with Crippen molar-refractivity contribution >= 4 is 21.4 Å². The highest BCUT2D eigenvalue weighted by Crippen LogP contribution is 2.29. The third-order valence-corrected chi connectivity index (χ3v) is 6.16. The van der Waals surface area contributed by atoms with Gasteiger partial charge in [-0.1, -0.05) is 0 Å². The first-order valence-corrected chi connectivity index (χ1v) is 9.94. The summed E-state index contributed by atoms with van der Waals surface area (Å²) in [5.41, 5.74) is 1.98. The minimum absolute atomic E-state index is 0.176. The average Bonchev–Trinajstić information content (AvgIpc) is 2.93. The summed E-state index contributed by atoms with van der Waals surface area (Å²) < 4.78 is 25.0. The normalized spacial score (nSPS) is 20.2. The van der Waals surface area contributed by atoms with E-state index >= 15 is 0 Å². The van der Waals surface area contributed by atoms with Crippen LogP contribution >= 0.6 is 11.3 Å². The molecule has 118 valence electrons. The molecule has 5 nitrogen and oxygen atoms in total. The van der Waals surface area contributed by atoms with Crippen LogP contribution in [-0.2, 0) is 10.0 Å². The van der Waals surface area contributed by atoms with Crippen molar-refractivity contribution < 1.29 is 8.42 Å². The number of nitrogens with zero attached hydrogens (tertiary/aromatic N) is 3. The van der Waals surface area contributed by atoms with E-state index in [1.807, 2.05) is 31.5 Å². The second-order valence-electron chi connectivity index (χ2n) is 5.71. The summed E-state index contributed by atoms with van der Waals surface area (Å²) in [4.78, 5) is 10.1. The van der Waals surface area contributed by atoms with Crippen LogP contribution in [0.3, 0.4) is 0 Å². The summed E-state index contributed by atoms with van der Waals surface area (Å²) >= 11 is 1.65. The minimum Gasteiger partial charge on any atom is -0.260 e. The number of rotatable bonds is 3. The lowest BCUT2D eigenvalue weighted by atomic mass is 9.95. The van der Waals surface area contributed by atoms with Gasteiger partial charge in [0.25, 0.3) is 0 Å². The Morgan fingerprint density at radius 1 is 1.27 bits per heavy atom. The van der Waals surface area contributed by atoms with E-state index < -0.39 is 10.0 Å². The van der Waals surface area contributed by atoms with Gasteiger partial charge in [-0.05, 0) is 31.9 Å². The molecular formula is C15H19N3O2S2. The van der Waals surface area contributed by atoms with Gasteiger partial charge in [0.05, 0.1) is 6.26 Å². The zero-order chi connectivity index (χ0) is 15.7. The monoisotopic (exact) mass is 337 g/mol. The number of pyridine rings is 1. The van der Waals surface area contributed by atoms with Gasteiger partial charge in [0.2, 0.25) is 10.0 Å². The number of hydrogen-bond donors (Lipinski definition) is 0. The van der Waals surface area contributed by atoms with Crippen molar-refractivity contribution in [2.24, 2.45) is 0 Å². The van der Waals surface area contributed by atoms with Gasteiger partial charge >= 0.3 is 0 Å². The average molecular weight is 337 g/mol. The maximum atomic E-state index is 11.7. The molecule has 3 heterocycles. The summed E-state index contributed by atoms with van der Waals surface area (Å²) in [5.74, 6) is 0.176. The first-order chi connectivity index (χ1) is 10.4. The Morgan fingerprint density at radius 3 is 2.68 bits per heavy atom. The fourth-order valence-electron chi connectivity index (χ4n) is 2.75. The molecule has 0 aromatic carbocycles. The van der Waals surface area contributed by atoms with Gasteiger partial charge in [0.15, 0.2) is 0 Å². The molecule has 2 aromatic rings. The fourth-order valence-corrected chi connectivity index (χ4v) is 4.41. The van der Waals surface area contributed by atoms with Crippen LogP contribution in [0.5, 0.6) is 0 Å². The van der Waals surface area contributed by atoms with Crippen molar-refractivity contribution in [3.05, 3.63) is 35.1 Å². The molecule has 7 heteroatoms. The van der Waals surface area contributed by atoms with E-state index in [2.05, 4.69) is 9.97 Å². The van der Waals surface area contributed by atoms with Crippen molar-refractivity contribution in [1.29, 1.82) is 0 Å². The third-order valence-electron chi connectivity index (χ3n) is 3.93. The Hall–Kier alpha value is -1.31. The lowest BCUT2D eigenvalue weighted by molar-refractivity contribution is 0.314. The molecule has 3 rings (SSSR count). The molecule has 0 N–H and O–H groups in total. The smallest absolute Gasteiger partial charge is 0.211 e. The lowest BCUT2D eigenvalue weighted by Gasteiger charge is -2.30. The van der Waals surface area contributed by atoms with E-state index in [0.717, 1.165) is 29.1 Å². The third kappa shape index (κ3) is 3.37. The molecule has 1 aliphatic rings. The van der Waals surface area contributed by atoms with Gasteiger partial charge in [0.1, 0.15) is 5.01 Å². The van der Waals surface area contributed by atoms with Gasteiger partial charge in [-0.25, -0.2) is 17.7 Å². The van der Waals surface area contributed by atoms with Crippen molar-refractivity contribution in [2.75, 3.05) is 19.3 Å². The van der Waals surface area contributed by atoms with Crippen LogP contribution in [0.2, 0.25) is 0 Å². The fraction of sp³-hybridized carbons (Fsp3) is 0.467. The summed E-state index contributed by atoms with van der Waals surface area (Å²) in [6.45, 7) is 3.18. The van der Waals surface area contributed by atoms with Crippen molar-refractivity contribution in [2.45, 2.75) is 25.7 Å². The first-order valence-electron chi connectivity index (χ1n) is 7.27. The van der Waals surface area contributed by atoms with Crippen LogP contribution in [0, 0.1) is 6.92 Å². The van der Waals surface area contributed by atoms with Crippen molar-refractivity contribution in [1.82, 2.24) is 14.3 Å². The Morgan fingerprint density at radius 2 is 2.09 bits per heavy atom. The molecule has 0 unspecified atom stereocenters. The van der Waals surface area contributed by atoms with E-state index in [9.17, 15) is 8.42 Å². The number of hydrogen-bond acceptors (Lipinski definition) is 5. The highest BCUT2D eigenvalue weighted by molar-refractivity contribution is 7.88. The molecule has 1 aliphatic heterocycles. The second kappa shape index (κ2) is 6.06. The largest absolute Gasteiger partial charge is 0.260 e. The van der Waals surface area contributed by atoms with Gasteiger partial charge < -0.3 is 0 Å². The second-order valence-corrected chi connectivity index (χ2v) is 8.93. The van der Waals surface area contributed by atoms with E-state index in [1.54, 1.807) is 15.6 Å². The van der Waals surface area contributed by atoms with Crippen LogP contribution in [0.25, 0.3) is 10.6 Å². The Bertz CT molecular complexity index is 753. The summed E-state index contributed by atoms with van der Waals surface area (Å²) in [6.07, 6.45) is 6.84. The number of aromatic nitrogens is 2. The Balaban J connectivity index is 1.78. The summed E-state index contributed by atoms with van der Waals surface area (Å²) in [5, 5.41) is 0.970. The van der Waals surface area contributed by atoms with Crippen molar-refractivity contribution in [3.63, 3.8) is 0 Å². The quantitative estimate of drug-likeness (QED) is 0.864. The molecule has 0 saturated carbocycles. The van der Waals surface area contributed by atoms with Crippen LogP contribution < -0.4 is 0 Å². The lowest BCUT2D eigenvalue weighted by Crippen LogP contribution is -2.38. The first kappa shape index (κ1) is 15.6. The molecule has 1 saturated heterocycles. The molecule has 1 fully saturated rings. The number of aryl methyl sites for hydroxylation is 1. The van der Waals surface area contributed by atoms with E-state index in [-0.39, 0.29) is 5.92 Å². The van der Waals surface area contributed by atoms with E-state index in [1.165, 1.54) is 11.1 Å². The molecule has 0 radical (unpaired) electrons. The predicted molar refractivity (Wildman–Crippen MR) is 88.5 cm³/mol. The molecule has 1 atom stereocenters. The molecule has 0 amide bonds. The minimum atomic E-state index is -3.12.